The van der Waals surface area contributed by atoms with E-state index >= 15 is 0 Å². The van der Waals surface area contributed by atoms with Crippen molar-refractivity contribution < 1.29 is 22.8 Å². The number of nitrogens with zero attached hydrogens (tertiary/aromatic N) is 2. The maximum Gasteiger partial charge on any atom is 0.244 e. The van der Waals surface area contributed by atoms with Crippen molar-refractivity contribution in [1.82, 2.24) is 10.2 Å². The van der Waals surface area contributed by atoms with E-state index in [0.29, 0.717) is 5.56 Å². The number of hydrogen-bond acceptors (Lipinski definition) is 5. The average Bonchev–Trinajstić information content (AvgIpc) is 2.98. The molecule has 0 aliphatic heterocycles. The Morgan fingerprint density at radius 3 is 2.07 bits per heavy atom. The Bertz CT molecular complexity index is 1470. The fourth-order valence-electron chi connectivity index (χ4n) is 5.37. The van der Waals surface area contributed by atoms with Crippen LogP contribution in [0.25, 0.3) is 0 Å². The van der Waals surface area contributed by atoms with Crippen molar-refractivity contribution >= 4 is 33.3 Å². The Balaban J connectivity index is 1.72. The molecule has 2 amide bonds. The van der Waals surface area contributed by atoms with E-state index in [4.69, 9.17) is 0 Å². The first kappa shape index (κ1) is 31.0. The Kier molecular flexibility index (Phi) is 10.5. The van der Waals surface area contributed by atoms with E-state index in [2.05, 4.69) is 5.32 Å². The van der Waals surface area contributed by atoms with E-state index < -0.39 is 28.5 Å². The topological polar surface area (TPSA) is 104 Å². The minimum absolute atomic E-state index is 0.0417. The van der Waals surface area contributed by atoms with Crippen LogP contribution in [0.3, 0.4) is 0 Å². The number of carbonyl (C=O) groups excluding carboxylic acids is 3. The minimum atomic E-state index is -3.92. The first-order valence-corrected chi connectivity index (χ1v) is 16.2. The minimum Gasteiger partial charge on any atom is -0.352 e. The Labute approximate surface area is 248 Å². The van der Waals surface area contributed by atoms with Crippen molar-refractivity contribution in [1.29, 1.82) is 0 Å². The highest BCUT2D eigenvalue weighted by atomic mass is 32.2. The lowest BCUT2D eigenvalue weighted by atomic mass is 9.94. The third-order valence-electron chi connectivity index (χ3n) is 7.64. The van der Waals surface area contributed by atoms with Gasteiger partial charge in [-0.1, -0.05) is 92.1 Å². The fourth-order valence-corrected chi connectivity index (χ4v) is 6.21. The van der Waals surface area contributed by atoms with Gasteiger partial charge < -0.3 is 10.2 Å². The highest BCUT2D eigenvalue weighted by Gasteiger charge is 2.34. The van der Waals surface area contributed by atoms with E-state index in [9.17, 15) is 22.8 Å². The third-order valence-corrected chi connectivity index (χ3v) is 8.78. The smallest absolute Gasteiger partial charge is 0.244 e. The van der Waals surface area contributed by atoms with Crippen molar-refractivity contribution in [3.05, 3.63) is 102 Å². The number of Topliss-reactive ketones (excluding diaryl/α,β-unsaturated/α-hetero) is 1. The molecule has 0 aromatic heterocycles. The molecule has 1 aliphatic carbocycles. The summed E-state index contributed by atoms with van der Waals surface area (Å²) >= 11 is 0. The van der Waals surface area contributed by atoms with Crippen molar-refractivity contribution in [2.24, 2.45) is 0 Å². The molecule has 222 valence electrons. The molecule has 3 aromatic carbocycles. The van der Waals surface area contributed by atoms with Gasteiger partial charge in [-0.25, -0.2) is 8.42 Å². The van der Waals surface area contributed by atoms with Crippen molar-refractivity contribution in [2.45, 2.75) is 64.1 Å². The van der Waals surface area contributed by atoms with Crippen molar-refractivity contribution in [3.63, 3.8) is 0 Å². The quantitative estimate of drug-likeness (QED) is 0.307. The molecule has 0 bridgehead atoms. The molecule has 4 rings (SSSR count). The number of nitrogens with one attached hydrogen (secondary N) is 1. The van der Waals surface area contributed by atoms with Gasteiger partial charge in [0.05, 0.1) is 11.9 Å². The highest BCUT2D eigenvalue weighted by molar-refractivity contribution is 7.92. The Morgan fingerprint density at radius 2 is 1.48 bits per heavy atom. The zero-order chi connectivity index (χ0) is 30.1. The van der Waals surface area contributed by atoms with Gasteiger partial charge in [0, 0.05) is 24.6 Å². The number of benzene rings is 3. The van der Waals surface area contributed by atoms with Crippen molar-refractivity contribution in [2.75, 3.05) is 17.1 Å². The fraction of sp³-hybridized carbons (Fsp3) is 0.364. The van der Waals surface area contributed by atoms with Gasteiger partial charge in [-0.3, -0.25) is 18.7 Å². The summed E-state index contributed by atoms with van der Waals surface area (Å²) < 4.78 is 27.0. The molecule has 0 spiro atoms. The van der Waals surface area contributed by atoms with Crippen LogP contribution in [0.2, 0.25) is 0 Å². The van der Waals surface area contributed by atoms with E-state index in [1.54, 1.807) is 18.2 Å². The molecule has 0 radical (unpaired) electrons. The predicted octanol–water partition coefficient (Wildman–Crippen LogP) is 4.74. The van der Waals surface area contributed by atoms with Crippen LogP contribution in [0.5, 0.6) is 0 Å². The van der Waals surface area contributed by atoms with Crippen molar-refractivity contribution in [3.8, 4) is 0 Å². The summed E-state index contributed by atoms with van der Waals surface area (Å²) in [6.45, 7) is 1.01. The van der Waals surface area contributed by atoms with Gasteiger partial charge in [-0.2, -0.15) is 0 Å². The van der Waals surface area contributed by atoms with Crippen LogP contribution in [-0.2, 0) is 32.6 Å². The van der Waals surface area contributed by atoms with Gasteiger partial charge in [-0.15, -0.1) is 0 Å². The number of ketones is 1. The van der Waals surface area contributed by atoms with Gasteiger partial charge in [0.2, 0.25) is 21.8 Å². The second-order valence-corrected chi connectivity index (χ2v) is 12.8. The molecular weight excluding hydrogens is 550 g/mol. The molecule has 1 atom stereocenters. The van der Waals surface area contributed by atoms with Gasteiger partial charge in [0.25, 0.3) is 0 Å². The molecule has 0 saturated heterocycles. The number of amides is 2. The molecule has 9 heteroatoms. The lowest BCUT2D eigenvalue weighted by Gasteiger charge is -2.35. The molecular formula is C33H39N3O5S. The average molecular weight is 590 g/mol. The molecule has 42 heavy (non-hydrogen) atoms. The van der Waals surface area contributed by atoms with Gasteiger partial charge in [-0.05, 0) is 43.0 Å². The number of hydrogen-bond donors (Lipinski definition) is 1. The summed E-state index contributed by atoms with van der Waals surface area (Å²) in [7, 11) is -3.92. The lowest BCUT2D eigenvalue weighted by molar-refractivity contribution is -0.140. The molecule has 1 N–H and O–H groups in total. The molecule has 1 saturated carbocycles. The summed E-state index contributed by atoms with van der Waals surface area (Å²) in [6, 6.07) is 24.3. The number of rotatable bonds is 12. The Morgan fingerprint density at radius 1 is 0.857 bits per heavy atom. The summed E-state index contributed by atoms with van der Waals surface area (Å²) in [5.41, 5.74) is 2.26. The largest absolute Gasteiger partial charge is 0.352 e. The van der Waals surface area contributed by atoms with Crippen LogP contribution < -0.4 is 9.62 Å². The molecule has 1 unspecified atom stereocenters. The summed E-state index contributed by atoms with van der Waals surface area (Å²) in [5, 5.41) is 3.19. The zero-order valence-corrected chi connectivity index (χ0v) is 25.1. The standard InChI is InChI=1S/C33H39N3O5S/c1-25(37)28-17-12-20-30(22-28)36(42(2,40)41)24-32(38)35(23-27-15-8-4-9-16-27)31(21-26-13-6-3-7-14-26)33(39)34-29-18-10-5-11-19-29/h3-4,6-9,12-17,20,22,29,31H,5,10-11,18-19,21,23-24H2,1-2H3,(H,34,39). The molecule has 8 nitrogen and oxygen atoms in total. The third kappa shape index (κ3) is 8.52. The maximum atomic E-state index is 14.2. The van der Waals surface area contributed by atoms with Crippen LogP contribution >= 0.6 is 0 Å². The van der Waals surface area contributed by atoms with E-state index in [1.807, 2.05) is 60.7 Å². The number of carbonyl (C=O) groups is 3. The summed E-state index contributed by atoms with van der Waals surface area (Å²) in [4.78, 5) is 41.7. The lowest BCUT2D eigenvalue weighted by Crippen LogP contribution is -2.55. The van der Waals surface area contributed by atoms with Crippen LogP contribution in [0.1, 0.15) is 60.5 Å². The van der Waals surface area contributed by atoms with Gasteiger partial charge >= 0.3 is 0 Å². The van der Waals surface area contributed by atoms with E-state index in [1.165, 1.54) is 17.9 Å². The molecule has 1 fully saturated rings. The second-order valence-electron chi connectivity index (χ2n) is 10.9. The van der Waals surface area contributed by atoms with Gasteiger partial charge in [0.1, 0.15) is 12.6 Å². The first-order valence-electron chi connectivity index (χ1n) is 14.4. The highest BCUT2D eigenvalue weighted by Crippen LogP contribution is 2.23. The molecule has 1 aliphatic rings. The second kappa shape index (κ2) is 14.3. The van der Waals surface area contributed by atoms with Crippen LogP contribution in [-0.4, -0.2) is 55.8 Å². The van der Waals surface area contributed by atoms with E-state index in [-0.39, 0.29) is 36.4 Å². The normalized spacial score (nSPS) is 14.5. The molecule has 3 aromatic rings. The SMILES string of the molecule is CC(=O)c1cccc(N(CC(=O)N(Cc2ccccc2)C(Cc2ccccc2)C(=O)NC2CCCCC2)S(C)(=O)=O)c1. The van der Waals surface area contributed by atoms with Crippen LogP contribution in [0.4, 0.5) is 5.69 Å². The van der Waals surface area contributed by atoms with Crippen LogP contribution in [0.15, 0.2) is 84.9 Å². The number of anilines is 1. The predicted molar refractivity (Wildman–Crippen MR) is 165 cm³/mol. The van der Waals surface area contributed by atoms with Crippen LogP contribution in [0, 0.1) is 0 Å². The summed E-state index contributed by atoms with van der Waals surface area (Å²) in [6.07, 6.45) is 6.32. The monoisotopic (exact) mass is 589 g/mol. The first-order chi connectivity index (χ1) is 20.1. The summed E-state index contributed by atoms with van der Waals surface area (Å²) in [5.74, 6) is -0.985. The Hall–Kier alpha value is -3.98. The van der Waals surface area contributed by atoms with Gasteiger partial charge in [0.15, 0.2) is 5.78 Å². The molecule has 0 heterocycles. The van der Waals surface area contributed by atoms with E-state index in [0.717, 1.165) is 53.8 Å². The number of sulfonamides is 1. The zero-order valence-electron chi connectivity index (χ0n) is 24.2. The maximum absolute atomic E-state index is 14.2.